The molecule has 0 fully saturated rings. The van der Waals surface area contributed by atoms with Gasteiger partial charge in [0.2, 0.25) is 5.91 Å². The molecule has 6 heteroatoms. The molecule has 96 valence electrons. The van der Waals surface area contributed by atoms with Gasteiger partial charge in [0.1, 0.15) is 10.8 Å². The van der Waals surface area contributed by atoms with Crippen molar-refractivity contribution < 1.29 is 4.79 Å². The lowest BCUT2D eigenvalue weighted by atomic mass is 10.3. The van der Waals surface area contributed by atoms with Crippen LogP contribution in [-0.2, 0) is 4.79 Å². The summed E-state index contributed by atoms with van der Waals surface area (Å²) in [6.45, 7) is 7.74. The third-order valence-electron chi connectivity index (χ3n) is 2.77. The van der Waals surface area contributed by atoms with Crippen molar-refractivity contribution in [2.75, 3.05) is 37.3 Å². The molecule has 0 bridgehead atoms. The van der Waals surface area contributed by atoms with Crippen LogP contribution in [-0.4, -0.2) is 41.9 Å². The smallest absolute Gasteiger partial charge is 0.242 e. The van der Waals surface area contributed by atoms with E-state index in [1.807, 2.05) is 37.6 Å². The lowest BCUT2D eigenvalue weighted by Crippen LogP contribution is -2.38. The standard InChI is InChI=1S/C11H20N4OS/c1-5-15(6-2)9(16)7-14(4)11-8(3)10(12)13-17-11/h5-7H2,1-4H3,(H2,12,13). The highest BCUT2D eigenvalue weighted by molar-refractivity contribution is 7.10. The minimum Gasteiger partial charge on any atom is -0.383 e. The Hall–Kier alpha value is -1.30. The van der Waals surface area contributed by atoms with Crippen molar-refractivity contribution >= 4 is 28.3 Å². The Morgan fingerprint density at radius 3 is 2.41 bits per heavy atom. The fraction of sp³-hybridized carbons (Fsp3) is 0.636. The van der Waals surface area contributed by atoms with Gasteiger partial charge in [-0.05, 0) is 32.3 Å². The highest BCUT2D eigenvalue weighted by atomic mass is 32.1. The number of nitrogens with two attached hydrogens (primary N) is 1. The van der Waals surface area contributed by atoms with E-state index in [4.69, 9.17) is 5.73 Å². The normalized spacial score (nSPS) is 10.4. The summed E-state index contributed by atoms with van der Waals surface area (Å²) in [5.41, 5.74) is 6.65. The van der Waals surface area contributed by atoms with Crippen LogP contribution in [0.15, 0.2) is 0 Å². The van der Waals surface area contributed by atoms with Gasteiger partial charge >= 0.3 is 0 Å². The molecule has 0 saturated heterocycles. The number of rotatable bonds is 5. The van der Waals surface area contributed by atoms with Gasteiger partial charge in [-0.15, -0.1) is 0 Å². The average Bonchev–Trinajstić information content (AvgIpc) is 2.61. The fourth-order valence-electron chi connectivity index (χ4n) is 1.65. The monoisotopic (exact) mass is 256 g/mol. The van der Waals surface area contributed by atoms with Crippen LogP contribution >= 0.6 is 11.5 Å². The first-order valence-corrected chi connectivity index (χ1v) is 6.49. The quantitative estimate of drug-likeness (QED) is 0.863. The summed E-state index contributed by atoms with van der Waals surface area (Å²) in [6, 6.07) is 0. The first kappa shape index (κ1) is 13.8. The fourth-order valence-corrected chi connectivity index (χ4v) is 2.41. The third-order valence-corrected chi connectivity index (χ3v) is 3.85. The molecule has 0 spiro atoms. The van der Waals surface area contributed by atoms with Crippen LogP contribution in [0.2, 0.25) is 0 Å². The van der Waals surface area contributed by atoms with Crippen molar-refractivity contribution in [3.05, 3.63) is 5.56 Å². The molecule has 0 atom stereocenters. The number of nitrogen functional groups attached to an aromatic ring is 1. The van der Waals surface area contributed by atoms with E-state index in [0.717, 1.165) is 23.7 Å². The molecule has 0 radical (unpaired) electrons. The number of anilines is 2. The van der Waals surface area contributed by atoms with Gasteiger partial charge in [-0.2, -0.15) is 4.37 Å². The largest absolute Gasteiger partial charge is 0.383 e. The summed E-state index contributed by atoms with van der Waals surface area (Å²) >= 11 is 1.33. The lowest BCUT2D eigenvalue weighted by Gasteiger charge is -2.23. The van der Waals surface area contributed by atoms with Crippen LogP contribution < -0.4 is 10.6 Å². The first-order valence-electron chi connectivity index (χ1n) is 5.71. The Balaban J connectivity index is 2.69. The third kappa shape index (κ3) is 3.09. The van der Waals surface area contributed by atoms with Gasteiger partial charge in [0, 0.05) is 25.7 Å². The molecule has 1 amide bonds. The molecular formula is C11H20N4OS. The van der Waals surface area contributed by atoms with Crippen molar-refractivity contribution in [3.63, 3.8) is 0 Å². The second-order valence-electron chi connectivity index (χ2n) is 3.92. The van der Waals surface area contributed by atoms with E-state index >= 15 is 0 Å². The number of amides is 1. The van der Waals surface area contributed by atoms with E-state index in [1.54, 1.807) is 0 Å². The molecule has 0 aliphatic heterocycles. The number of carbonyl (C=O) groups is 1. The van der Waals surface area contributed by atoms with E-state index in [0.29, 0.717) is 12.4 Å². The van der Waals surface area contributed by atoms with Crippen LogP contribution in [0, 0.1) is 6.92 Å². The minimum absolute atomic E-state index is 0.129. The number of likely N-dealkylation sites (N-methyl/N-ethyl adjacent to an activating group) is 2. The molecule has 0 aliphatic carbocycles. The molecule has 1 aromatic heterocycles. The molecule has 17 heavy (non-hydrogen) atoms. The van der Waals surface area contributed by atoms with E-state index in [1.165, 1.54) is 11.5 Å². The Labute approximate surface area is 106 Å². The SMILES string of the molecule is CCN(CC)C(=O)CN(C)c1snc(N)c1C. The lowest BCUT2D eigenvalue weighted by molar-refractivity contribution is -0.129. The molecule has 5 nitrogen and oxygen atoms in total. The van der Waals surface area contributed by atoms with Gasteiger partial charge in [0.05, 0.1) is 6.54 Å². The molecule has 1 rings (SSSR count). The summed E-state index contributed by atoms with van der Waals surface area (Å²) in [7, 11) is 1.89. The van der Waals surface area contributed by atoms with Crippen LogP contribution in [0.5, 0.6) is 0 Å². The number of hydrogen-bond acceptors (Lipinski definition) is 5. The zero-order valence-corrected chi connectivity index (χ0v) is 11.7. The summed E-state index contributed by atoms with van der Waals surface area (Å²) in [5.74, 6) is 0.677. The van der Waals surface area contributed by atoms with Gasteiger partial charge in [-0.3, -0.25) is 4.79 Å². The second-order valence-corrected chi connectivity index (χ2v) is 4.67. The van der Waals surface area contributed by atoms with Gasteiger partial charge in [-0.25, -0.2) is 0 Å². The Kier molecular flexibility index (Phi) is 4.74. The summed E-state index contributed by atoms with van der Waals surface area (Å²) in [6.07, 6.45) is 0. The van der Waals surface area contributed by atoms with Crippen LogP contribution in [0.3, 0.4) is 0 Å². The number of nitrogens with zero attached hydrogens (tertiary/aromatic N) is 3. The summed E-state index contributed by atoms with van der Waals surface area (Å²) < 4.78 is 4.08. The van der Waals surface area contributed by atoms with E-state index in [9.17, 15) is 4.79 Å². The van der Waals surface area contributed by atoms with Crippen LogP contribution in [0.25, 0.3) is 0 Å². The highest BCUT2D eigenvalue weighted by Gasteiger charge is 2.16. The van der Waals surface area contributed by atoms with Crippen molar-refractivity contribution in [2.45, 2.75) is 20.8 Å². The van der Waals surface area contributed by atoms with Gasteiger partial charge in [0.25, 0.3) is 0 Å². The maximum atomic E-state index is 11.9. The number of carbonyl (C=O) groups excluding carboxylic acids is 1. The van der Waals surface area contributed by atoms with E-state index < -0.39 is 0 Å². The van der Waals surface area contributed by atoms with Crippen molar-refractivity contribution in [3.8, 4) is 0 Å². The maximum absolute atomic E-state index is 11.9. The molecule has 0 saturated carbocycles. The zero-order valence-electron chi connectivity index (χ0n) is 10.9. The zero-order chi connectivity index (χ0) is 13.0. The number of hydrogen-bond donors (Lipinski definition) is 1. The molecular weight excluding hydrogens is 236 g/mol. The van der Waals surface area contributed by atoms with Crippen molar-refractivity contribution in [2.24, 2.45) is 0 Å². The Morgan fingerprint density at radius 2 is 2.00 bits per heavy atom. The first-order chi connectivity index (χ1) is 8.01. The Morgan fingerprint density at radius 1 is 1.41 bits per heavy atom. The predicted molar refractivity (Wildman–Crippen MR) is 72.5 cm³/mol. The molecule has 1 aromatic rings. The van der Waals surface area contributed by atoms with Crippen LogP contribution in [0.1, 0.15) is 19.4 Å². The molecule has 0 aromatic carbocycles. The molecule has 1 heterocycles. The molecule has 2 N–H and O–H groups in total. The predicted octanol–water partition coefficient (Wildman–Crippen LogP) is 1.34. The summed E-state index contributed by atoms with van der Waals surface area (Å²) in [4.78, 5) is 15.7. The Bertz CT molecular complexity index is 387. The van der Waals surface area contributed by atoms with E-state index in [-0.39, 0.29) is 5.91 Å². The average molecular weight is 256 g/mol. The molecule has 0 aliphatic rings. The van der Waals surface area contributed by atoms with Crippen molar-refractivity contribution in [1.29, 1.82) is 0 Å². The topological polar surface area (TPSA) is 62.5 Å². The van der Waals surface area contributed by atoms with Gasteiger partial charge in [-0.1, -0.05) is 0 Å². The highest BCUT2D eigenvalue weighted by Crippen LogP contribution is 2.28. The van der Waals surface area contributed by atoms with Crippen molar-refractivity contribution in [1.82, 2.24) is 9.27 Å². The molecule has 0 unspecified atom stereocenters. The van der Waals surface area contributed by atoms with Gasteiger partial charge in [0.15, 0.2) is 0 Å². The number of aromatic nitrogens is 1. The summed E-state index contributed by atoms with van der Waals surface area (Å²) in [5, 5.41) is 0.961. The minimum atomic E-state index is 0.129. The maximum Gasteiger partial charge on any atom is 0.242 e. The second kappa shape index (κ2) is 5.86. The van der Waals surface area contributed by atoms with Crippen LogP contribution in [0.4, 0.5) is 10.8 Å². The van der Waals surface area contributed by atoms with E-state index in [2.05, 4.69) is 4.37 Å². The van der Waals surface area contributed by atoms with Gasteiger partial charge < -0.3 is 15.5 Å².